The van der Waals surface area contributed by atoms with Crippen LogP contribution in [0.3, 0.4) is 0 Å². The molecular formula is C22H26N2O. The van der Waals surface area contributed by atoms with E-state index in [1.54, 1.807) is 0 Å². The Hall–Kier alpha value is -2.55. The predicted octanol–water partition coefficient (Wildman–Crippen LogP) is 5.13. The van der Waals surface area contributed by atoms with E-state index in [0.29, 0.717) is 0 Å². The number of carbonyl (C=O) groups excluding carboxylic acids is 1. The van der Waals surface area contributed by atoms with E-state index in [0.717, 1.165) is 41.9 Å². The summed E-state index contributed by atoms with van der Waals surface area (Å²) in [6, 6.07) is 20.7. The summed E-state index contributed by atoms with van der Waals surface area (Å²) in [5.74, 6) is 0.160. The van der Waals surface area contributed by atoms with Gasteiger partial charge < -0.3 is 9.80 Å². The summed E-state index contributed by atoms with van der Waals surface area (Å²) in [6.07, 6.45) is 2.02. The molecule has 0 bridgehead atoms. The molecule has 0 spiro atoms. The Bertz CT molecular complexity index is 713. The van der Waals surface area contributed by atoms with Gasteiger partial charge in [-0.25, -0.2) is 0 Å². The highest BCUT2D eigenvalue weighted by Crippen LogP contribution is 2.36. The van der Waals surface area contributed by atoms with Crippen LogP contribution in [0.15, 0.2) is 71.8 Å². The molecule has 0 unspecified atom stereocenters. The maximum Gasteiger partial charge on any atom is 0.251 e. The van der Waals surface area contributed by atoms with Crippen LogP contribution in [0.5, 0.6) is 0 Å². The second-order valence-corrected chi connectivity index (χ2v) is 6.57. The van der Waals surface area contributed by atoms with Crippen molar-refractivity contribution in [2.24, 2.45) is 0 Å². The molecule has 3 rings (SSSR count). The number of amides is 1. The van der Waals surface area contributed by atoms with Crippen LogP contribution in [0.1, 0.15) is 33.6 Å². The number of hydrogen-bond donors (Lipinski definition) is 0. The molecule has 0 saturated heterocycles. The lowest BCUT2D eigenvalue weighted by Crippen LogP contribution is -2.46. The van der Waals surface area contributed by atoms with E-state index in [9.17, 15) is 4.79 Å². The van der Waals surface area contributed by atoms with Crippen LogP contribution in [-0.2, 0) is 4.79 Å². The second-order valence-electron chi connectivity index (χ2n) is 6.57. The monoisotopic (exact) mass is 334 g/mol. The highest BCUT2D eigenvalue weighted by atomic mass is 16.2. The smallest absolute Gasteiger partial charge is 0.251 e. The molecule has 0 radical (unpaired) electrons. The summed E-state index contributed by atoms with van der Waals surface area (Å²) >= 11 is 0. The first-order chi connectivity index (χ1) is 12.1. The molecule has 1 aliphatic heterocycles. The van der Waals surface area contributed by atoms with E-state index in [1.807, 2.05) is 48.2 Å². The van der Waals surface area contributed by atoms with Crippen LogP contribution in [-0.4, -0.2) is 23.5 Å². The van der Waals surface area contributed by atoms with Gasteiger partial charge in [-0.15, -0.1) is 0 Å². The summed E-state index contributed by atoms with van der Waals surface area (Å²) in [5.41, 5.74) is 4.20. The summed E-state index contributed by atoms with van der Waals surface area (Å²) in [5, 5.41) is 0. The first kappa shape index (κ1) is 17.3. The van der Waals surface area contributed by atoms with E-state index in [1.165, 1.54) is 0 Å². The van der Waals surface area contributed by atoms with Crippen molar-refractivity contribution in [3.8, 4) is 0 Å². The van der Waals surface area contributed by atoms with Crippen LogP contribution in [0.2, 0.25) is 0 Å². The zero-order valence-electron chi connectivity index (χ0n) is 15.3. The molecule has 0 saturated carbocycles. The van der Waals surface area contributed by atoms with Crippen molar-refractivity contribution in [3.63, 3.8) is 0 Å². The fourth-order valence-corrected chi connectivity index (χ4v) is 3.42. The number of carbonyl (C=O) groups is 1. The summed E-state index contributed by atoms with van der Waals surface area (Å²) in [4.78, 5) is 17.1. The van der Waals surface area contributed by atoms with Gasteiger partial charge >= 0.3 is 0 Å². The minimum atomic E-state index is -0.0659. The number of rotatable bonds is 6. The molecule has 0 aromatic heterocycles. The van der Waals surface area contributed by atoms with E-state index in [-0.39, 0.29) is 12.1 Å². The lowest BCUT2D eigenvalue weighted by Gasteiger charge is -2.38. The van der Waals surface area contributed by atoms with Crippen LogP contribution in [0.4, 0.5) is 11.4 Å². The largest absolute Gasteiger partial charge is 0.317 e. The van der Waals surface area contributed by atoms with Crippen molar-refractivity contribution >= 4 is 17.3 Å². The molecule has 0 fully saturated rings. The maximum absolute atomic E-state index is 12.8. The predicted molar refractivity (Wildman–Crippen MR) is 104 cm³/mol. The number of nitrogens with zero attached hydrogens (tertiary/aromatic N) is 2. The molecule has 25 heavy (non-hydrogen) atoms. The van der Waals surface area contributed by atoms with Gasteiger partial charge in [0.2, 0.25) is 0 Å². The van der Waals surface area contributed by atoms with E-state index in [4.69, 9.17) is 0 Å². The SMILES string of the molecule is CCCCN1C(=O)C(C)=C(C)[C@H]1N(c1ccccc1)c1ccccc1. The summed E-state index contributed by atoms with van der Waals surface area (Å²) < 4.78 is 0. The molecule has 3 heteroatoms. The van der Waals surface area contributed by atoms with Crippen molar-refractivity contribution < 1.29 is 4.79 Å². The van der Waals surface area contributed by atoms with Gasteiger partial charge in [0.05, 0.1) is 0 Å². The van der Waals surface area contributed by atoms with E-state index in [2.05, 4.69) is 43.0 Å². The second kappa shape index (κ2) is 7.56. The topological polar surface area (TPSA) is 23.6 Å². The van der Waals surface area contributed by atoms with Gasteiger partial charge in [0.15, 0.2) is 0 Å². The number of benzene rings is 2. The number of anilines is 2. The normalized spacial score (nSPS) is 17.3. The fourth-order valence-electron chi connectivity index (χ4n) is 3.42. The van der Waals surface area contributed by atoms with Crippen LogP contribution in [0, 0.1) is 0 Å². The maximum atomic E-state index is 12.8. The van der Waals surface area contributed by atoms with Gasteiger partial charge in [0.1, 0.15) is 6.17 Å². The van der Waals surface area contributed by atoms with Crippen molar-refractivity contribution in [2.75, 3.05) is 11.4 Å². The Labute approximate surface area is 150 Å². The fraction of sp³-hybridized carbons (Fsp3) is 0.318. The average Bonchev–Trinajstić information content (AvgIpc) is 2.86. The quantitative estimate of drug-likeness (QED) is 0.731. The van der Waals surface area contributed by atoms with Crippen LogP contribution < -0.4 is 4.90 Å². The lowest BCUT2D eigenvalue weighted by molar-refractivity contribution is -0.126. The highest BCUT2D eigenvalue weighted by Gasteiger charge is 2.38. The van der Waals surface area contributed by atoms with Crippen molar-refractivity contribution in [2.45, 2.75) is 39.8 Å². The third kappa shape index (κ3) is 3.32. The zero-order valence-corrected chi connectivity index (χ0v) is 15.3. The number of hydrogen-bond acceptors (Lipinski definition) is 2. The van der Waals surface area contributed by atoms with Gasteiger partial charge in [0.25, 0.3) is 5.91 Å². The van der Waals surface area contributed by atoms with Gasteiger partial charge in [-0.3, -0.25) is 4.79 Å². The van der Waals surface area contributed by atoms with Crippen LogP contribution in [0.25, 0.3) is 0 Å². The molecule has 0 N–H and O–H groups in total. The Kier molecular flexibility index (Phi) is 5.22. The van der Waals surface area contributed by atoms with Crippen LogP contribution >= 0.6 is 0 Å². The molecule has 1 amide bonds. The van der Waals surface area contributed by atoms with Crippen molar-refractivity contribution in [1.82, 2.24) is 4.90 Å². The molecular weight excluding hydrogens is 308 g/mol. The molecule has 1 atom stereocenters. The van der Waals surface area contributed by atoms with E-state index < -0.39 is 0 Å². The molecule has 0 aliphatic carbocycles. The Balaban J connectivity index is 2.09. The Morgan fingerprint density at radius 3 is 1.92 bits per heavy atom. The first-order valence-electron chi connectivity index (χ1n) is 9.02. The van der Waals surface area contributed by atoms with Gasteiger partial charge in [0, 0.05) is 23.5 Å². The molecule has 3 nitrogen and oxygen atoms in total. The summed E-state index contributed by atoms with van der Waals surface area (Å²) in [7, 11) is 0. The Morgan fingerprint density at radius 2 is 1.44 bits per heavy atom. The van der Waals surface area contributed by atoms with Gasteiger partial charge in [-0.05, 0) is 50.1 Å². The standard InChI is InChI=1S/C22H26N2O/c1-4-5-16-23-21(17(2)18(3)22(23)25)24(19-12-8-6-9-13-19)20-14-10-7-11-15-20/h6-15,21H,4-5,16H2,1-3H3/t21-/m1/s1. The minimum absolute atomic E-state index is 0.0659. The highest BCUT2D eigenvalue weighted by molar-refractivity contribution is 5.98. The van der Waals surface area contributed by atoms with Gasteiger partial charge in [-0.2, -0.15) is 0 Å². The van der Waals surface area contributed by atoms with Gasteiger partial charge in [-0.1, -0.05) is 49.7 Å². The van der Waals surface area contributed by atoms with Crippen molar-refractivity contribution in [3.05, 3.63) is 71.8 Å². The number of unbranched alkanes of at least 4 members (excludes halogenated alkanes) is 1. The molecule has 2 aromatic rings. The average molecular weight is 334 g/mol. The number of para-hydroxylation sites is 2. The molecule has 130 valence electrons. The first-order valence-corrected chi connectivity index (χ1v) is 9.02. The zero-order chi connectivity index (χ0) is 17.8. The molecule has 2 aromatic carbocycles. The minimum Gasteiger partial charge on any atom is -0.317 e. The third-order valence-electron chi connectivity index (χ3n) is 4.92. The summed E-state index contributed by atoms with van der Waals surface area (Å²) in [6.45, 7) is 6.98. The Morgan fingerprint density at radius 1 is 0.920 bits per heavy atom. The molecule has 1 heterocycles. The third-order valence-corrected chi connectivity index (χ3v) is 4.92. The molecule has 1 aliphatic rings. The van der Waals surface area contributed by atoms with Crippen molar-refractivity contribution in [1.29, 1.82) is 0 Å². The van der Waals surface area contributed by atoms with E-state index >= 15 is 0 Å². The lowest BCUT2D eigenvalue weighted by atomic mass is 10.1.